The largest absolute Gasteiger partial charge is 0.478 e. The maximum absolute atomic E-state index is 8.94. The quantitative estimate of drug-likeness (QED) is 0.546. The summed E-state index contributed by atoms with van der Waals surface area (Å²) in [4.78, 5) is 0. The van der Waals surface area contributed by atoms with Crippen molar-refractivity contribution in [3.63, 3.8) is 0 Å². The summed E-state index contributed by atoms with van der Waals surface area (Å²) in [5.41, 5.74) is 0.542. The fourth-order valence-electron chi connectivity index (χ4n) is 0.732. The van der Waals surface area contributed by atoms with E-state index in [0.717, 1.165) is 0 Å². The zero-order chi connectivity index (χ0) is 6.97. The van der Waals surface area contributed by atoms with E-state index in [1.807, 2.05) is 0 Å². The Morgan fingerprint density at radius 2 is 2.30 bits per heavy atom. The van der Waals surface area contributed by atoms with Gasteiger partial charge in [0.1, 0.15) is 0 Å². The molecule has 0 unspecified atom stereocenters. The van der Waals surface area contributed by atoms with Gasteiger partial charge < -0.3 is 5.11 Å². The summed E-state index contributed by atoms with van der Waals surface area (Å²) < 4.78 is 1.25. The summed E-state index contributed by atoms with van der Waals surface area (Å²) in [6.45, 7) is 0. The topological polar surface area (TPSA) is 63.3 Å². The lowest BCUT2D eigenvalue weighted by atomic mass is 10.6. The SMILES string of the molecule is Oc1nnc2cccnn12. The number of aromatic nitrogens is 4. The number of hydrogen-bond acceptors (Lipinski definition) is 4. The van der Waals surface area contributed by atoms with Crippen LogP contribution in [0.5, 0.6) is 6.01 Å². The Balaban J connectivity index is 2.93. The minimum absolute atomic E-state index is 0.185. The average molecular weight is 136 g/mol. The van der Waals surface area contributed by atoms with Crippen molar-refractivity contribution >= 4 is 5.65 Å². The summed E-state index contributed by atoms with van der Waals surface area (Å²) in [5.74, 6) is 0. The van der Waals surface area contributed by atoms with Gasteiger partial charge in [0.15, 0.2) is 5.65 Å². The minimum Gasteiger partial charge on any atom is -0.478 e. The van der Waals surface area contributed by atoms with Gasteiger partial charge in [-0.3, -0.25) is 0 Å². The summed E-state index contributed by atoms with van der Waals surface area (Å²) >= 11 is 0. The zero-order valence-electron chi connectivity index (χ0n) is 4.97. The molecule has 0 aliphatic rings. The number of fused-ring (bicyclic) bond motifs is 1. The predicted molar refractivity (Wildman–Crippen MR) is 32.4 cm³/mol. The number of aromatic hydroxyl groups is 1. The summed E-state index contributed by atoms with van der Waals surface area (Å²) in [6.07, 6.45) is 1.55. The Kier molecular flexibility index (Phi) is 0.858. The molecule has 2 heterocycles. The lowest BCUT2D eigenvalue weighted by Crippen LogP contribution is -1.87. The van der Waals surface area contributed by atoms with Crippen LogP contribution >= 0.6 is 0 Å². The molecule has 2 aromatic heterocycles. The first-order chi connectivity index (χ1) is 4.88. The molecule has 0 radical (unpaired) electrons. The Hall–Kier alpha value is -1.65. The van der Waals surface area contributed by atoms with Crippen LogP contribution < -0.4 is 0 Å². The summed E-state index contributed by atoms with van der Waals surface area (Å²) in [7, 11) is 0. The Morgan fingerprint density at radius 1 is 1.40 bits per heavy atom. The normalized spacial score (nSPS) is 10.4. The molecule has 0 aliphatic carbocycles. The van der Waals surface area contributed by atoms with E-state index in [1.165, 1.54) is 4.52 Å². The van der Waals surface area contributed by atoms with Gasteiger partial charge in [-0.1, -0.05) is 5.10 Å². The molecule has 5 nitrogen and oxygen atoms in total. The van der Waals surface area contributed by atoms with E-state index >= 15 is 0 Å². The van der Waals surface area contributed by atoms with Crippen molar-refractivity contribution in [3.8, 4) is 6.01 Å². The molecule has 2 aromatic rings. The highest BCUT2D eigenvalue weighted by Crippen LogP contribution is 2.03. The van der Waals surface area contributed by atoms with Gasteiger partial charge in [-0.25, -0.2) is 0 Å². The molecule has 2 rings (SSSR count). The van der Waals surface area contributed by atoms with Crippen molar-refractivity contribution in [2.24, 2.45) is 0 Å². The van der Waals surface area contributed by atoms with Gasteiger partial charge >= 0.3 is 6.01 Å². The van der Waals surface area contributed by atoms with Gasteiger partial charge in [0.2, 0.25) is 0 Å². The van der Waals surface area contributed by atoms with Crippen LogP contribution in [0.25, 0.3) is 5.65 Å². The van der Waals surface area contributed by atoms with E-state index in [9.17, 15) is 0 Å². The third-order valence-corrected chi connectivity index (χ3v) is 1.16. The second-order valence-corrected chi connectivity index (χ2v) is 1.79. The van der Waals surface area contributed by atoms with Crippen molar-refractivity contribution in [2.75, 3.05) is 0 Å². The third-order valence-electron chi connectivity index (χ3n) is 1.16. The Bertz CT molecular complexity index is 355. The number of rotatable bonds is 0. The van der Waals surface area contributed by atoms with Crippen LogP contribution in [0.1, 0.15) is 0 Å². The van der Waals surface area contributed by atoms with Crippen LogP contribution in [0.3, 0.4) is 0 Å². The van der Waals surface area contributed by atoms with Crippen molar-refractivity contribution in [2.45, 2.75) is 0 Å². The molecule has 0 spiro atoms. The fourth-order valence-corrected chi connectivity index (χ4v) is 0.732. The summed E-state index contributed by atoms with van der Waals surface area (Å²) in [6, 6.07) is 3.25. The van der Waals surface area contributed by atoms with E-state index in [-0.39, 0.29) is 6.01 Å². The first kappa shape index (κ1) is 5.16. The van der Waals surface area contributed by atoms with E-state index in [4.69, 9.17) is 5.11 Å². The lowest BCUT2D eigenvalue weighted by molar-refractivity contribution is 0.415. The highest BCUT2D eigenvalue weighted by atomic mass is 16.3. The first-order valence-electron chi connectivity index (χ1n) is 2.73. The molecule has 0 atom stereocenters. The first-order valence-corrected chi connectivity index (χ1v) is 2.73. The van der Waals surface area contributed by atoms with Gasteiger partial charge in [-0.05, 0) is 12.1 Å². The van der Waals surface area contributed by atoms with Crippen molar-refractivity contribution in [1.82, 2.24) is 19.8 Å². The molecule has 1 N–H and O–H groups in total. The van der Waals surface area contributed by atoms with E-state index in [0.29, 0.717) is 5.65 Å². The minimum atomic E-state index is -0.185. The second kappa shape index (κ2) is 1.66. The molecule has 5 heteroatoms. The molecule has 0 saturated carbocycles. The second-order valence-electron chi connectivity index (χ2n) is 1.79. The van der Waals surface area contributed by atoms with Crippen molar-refractivity contribution in [3.05, 3.63) is 18.3 Å². The van der Waals surface area contributed by atoms with Crippen molar-refractivity contribution < 1.29 is 5.11 Å². The average Bonchev–Trinajstić information content (AvgIpc) is 2.34. The Morgan fingerprint density at radius 3 is 3.10 bits per heavy atom. The molecule has 0 fully saturated rings. The standard InChI is InChI=1S/C5H4N4O/c10-5-8-7-4-2-1-3-6-9(4)5/h1-3H,(H,8,10). The van der Waals surface area contributed by atoms with E-state index in [2.05, 4.69) is 15.3 Å². The maximum atomic E-state index is 8.94. The van der Waals surface area contributed by atoms with Gasteiger partial charge in [0, 0.05) is 6.20 Å². The zero-order valence-corrected chi connectivity index (χ0v) is 4.97. The Labute approximate surface area is 55.9 Å². The lowest BCUT2D eigenvalue weighted by Gasteiger charge is -1.86. The number of nitrogens with zero attached hydrogens (tertiary/aromatic N) is 4. The highest BCUT2D eigenvalue weighted by molar-refractivity contribution is 5.35. The molecule has 50 valence electrons. The fraction of sp³-hybridized carbons (Fsp3) is 0. The smallest absolute Gasteiger partial charge is 0.336 e. The van der Waals surface area contributed by atoms with Gasteiger partial charge in [-0.2, -0.15) is 9.61 Å². The van der Waals surface area contributed by atoms with Gasteiger partial charge in [0.25, 0.3) is 0 Å². The van der Waals surface area contributed by atoms with Crippen LogP contribution in [-0.2, 0) is 0 Å². The number of hydrogen-bond donors (Lipinski definition) is 1. The monoisotopic (exact) mass is 136 g/mol. The van der Waals surface area contributed by atoms with Crippen molar-refractivity contribution in [1.29, 1.82) is 0 Å². The molecule has 0 aliphatic heterocycles. The molecule has 0 bridgehead atoms. The molecular formula is C5H4N4O. The summed E-state index contributed by atoms with van der Waals surface area (Å²) in [5, 5.41) is 19.7. The molecule has 10 heavy (non-hydrogen) atoms. The predicted octanol–water partition coefficient (Wildman–Crippen LogP) is -0.170. The van der Waals surface area contributed by atoms with Crippen LogP contribution in [0.4, 0.5) is 0 Å². The molecule has 0 aromatic carbocycles. The molecule has 0 amide bonds. The van der Waals surface area contributed by atoms with E-state index in [1.54, 1.807) is 18.3 Å². The van der Waals surface area contributed by atoms with Gasteiger partial charge in [0.05, 0.1) is 0 Å². The van der Waals surface area contributed by atoms with E-state index < -0.39 is 0 Å². The maximum Gasteiger partial charge on any atom is 0.336 e. The highest BCUT2D eigenvalue weighted by Gasteiger charge is 1.99. The molecule has 0 saturated heterocycles. The third kappa shape index (κ3) is 0.540. The van der Waals surface area contributed by atoms with Gasteiger partial charge in [-0.15, -0.1) is 5.10 Å². The van der Waals surface area contributed by atoms with Crippen LogP contribution in [-0.4, -0.2) is 24.9 Å². The molecular weight excluding hydrogens is 132 g/mol. The van der Waals surface area contributed by atoms with Crippen LogP contribution in [0.2, 0.25) is 0 Å². The van der Waals surface area contributed by atoms with Crippen LogP contribution in [0.15, 0.2) is 18.3 Å². The van der Waals surface area contributed by atoms with Crippen LogP contribution in [0, 0.1) is 0 Å².